The summed E-state index contributed by atoms with van der Waals surface area (Å²) in [6.45, 7) is 2.56. The van der Waals surface area contributed by atoms with E-state index in [9.17, 15) is 4.79 Å². The maximum absolute atomic E-state index is 12.3. The number of aryl methyl sites for hydroxylation is 1. The molecule has 0 saturated carbocycles. The van der Waals surface area contributed by atoms with Gasteiger partial charge in [-0.3, -0.25) is 4.79 Å². The van der Waals surface area contributed by atoms with Crippen LogP contribution in [0.2, 0.25) is 0 Å². The molecule has 0 spiro atoms. The molecule has 0 aromatic heterocycles. The number of methoxy groups -OCH3 is 2. The van der Waals surface area contributed by atoms with Crippen molar-refractivity contribution in [1.82, 2.24) is 5.43 Å². The van der Waals surface area contributed by atoms with E-state index >= 15 is 0 Å². The van der Waals surface area contributed by atoms with E-state index in [2.05, 4.69) is 41.7 Å². The molecule has 0 saturated heterocycles. The normalized spacial score (nSPS) is 10.6. The van der Waals surface area contributed by atoms with E-state index in [1.165, 1.54) is 19.8 Å². The Labute approximate surface area is 176 Å². The molecule has 3 aromatic rings. The quantitative estimate of drug-likeness (QED) is 0.448. The van der Waals surface area contributed by atoms with Crippen LogP contribution in [0.1, 0.15) is 27.0 Å². The maximum Gasteiger partial charge on any atom is 0.271 e. The Kier molecular flexibility index (Phi) is 7.05. The Morgan fingerprint density at radius 3 is 2.13 bits per heavy atom. The predicted molar refractivity (Wildman–Crippen MR) is 117 cm³/mol. The lowest BCUT2D eigenvalue weighted by molar-refractivity contribution is 0.0954. The molecule has 0 fully saturated rings. The van der Waals surface area contributed by atoms with E-state index in [1.807, 2.05) is 24.3 Å². The van der Waals surface area contributed by atoms with Gasteiger partial charge in [0.05, 0.1) is 20.4 Å². The van der Waals surface area contributed by atoms with Gasteiger partial charge >= 0.3 is 0 Å². The Morgan fingerprint density at radius 1 is 0.900 bits per heavy atom. The van der Waals surface area contributed by atoms with Crippen LogP contribution in [0, 0.1) is 6.92 Å². The van der Waals surface area contributed by atoms with Crippen LogP contribution in [0.5, 0.6) is 17.2 Å². The lowest BCUT2D eigenvalue weighted by Crippen LogP contribution is -2.17. The number of nitrogens with one attached hydrogen (secondary N) is 1. The highest BCUT2D eigenvalue weighted by atomic mass is 16.5. The summed E-state index contributed by atoms with van der Waals surface area (Å²) in [4.78, 5) is 12.3. The Morgan fingerprint density at radius 2 is 1.53 bits per heavy atom. The van der Waals surface area contributed by atoms with Crippen molar-refractivity contribution in [2.24, 2.45) is 5.10 Å². The average Bonchev–Trinajstić information content (AvgIpc) is 2.79. The van der Waals surface area contributed by atoms with Gasteiger partial charge in [0.1, 0.15) is 23.9 Å². The molecule has 1 amide bonds. The first-order valence-corrected chi connectivity index (χ1v) is 9.42. The molecule has 0 aliphatic rings. The molecule has 6 heteroatoms. The summed E-state index contributed by atoms with van der Waals surface area (Å²) in [7, 11) is 3.06. The molecule has 0 aliphatic carbocycles. The highest BCUT2D eigenvalue weighted by Crippen LogP contribution is 2.22. The van der Waals surface area contributed by atoms with Gasteiger partial charge in [-0.2, -0.15) is 5.10 Å². The summed E-state index contributed by atoms with van der Waals surface area (Å²) < 4.78 is 16.1. The number of amides is 1. The first-order valence-electron chi connectivity index (χ1n) is 9.42. The maximum atomic E-state index is 12.3. The summed E-state index contributed by atoms with van der Waals surface area (Å²) in [5.41, 5.74) is 6.07. The lowest BCUT2D eigenvalue weighted by Gasteiger charge is -2.07. The number of hydrogen-bond donors (Lipinski definition) is 1. The van der Waals surface area contributed by atoms with Gasteiger partial charge in [-0.15, -0.1) is 0 Å². The molecule has 6 nitrogen and oxygen atoms in total. The van der Waals surface area contributed by atoms with Crippen molar-refractivity contribution in [3.05, 3.63) is 89.0 Å². The number of nitrogens with zero attached hydrogens (tertiary/aromatic N) is 1. The highest BCUT2D eigenvalue weighted by Gasteiger charge is 2.09. The number of carbonyl (C=O) groups excluding carboxylic acids is 1. The van der Waals surface area contributed by atoms with Crippen molar-refractivity contribution in [1.29, 1.82) is 0 Å². The van der Waals surface area contributed by atoms with Crippen LogP contribution in [-0.2, 0) is 6.61 Å². The molecule has 154 valence electrons. The number of benzene rings is 3. The first kappa shape index (κ1) is 20.9. The second-order valence-electron chi connectivity index (χ2n) is 6.64. The first-order chi connectivity index (χ1) is 14.6. The van der Waals surface area contributed by atoms with Crippen molar-refractivity contribution in [2.45, 2.75) is 13.5 Å². The zero-order valence-corrected chi connectivity index (χ0v) is 17.2. The predicted octanol–water partition coefficient (Wildman–Crippen LogP) is 4.36. The van der Waals surface area contributed by atoms with E-state index in [0.717, 1.165) is 16.9 Å². The zero-order chi connectivity index (χ0) is 21.3. The largest absolute Gasteiger partial charge is 0.497 e. The molecular formula is C24H24N2O4. The summed E-state index contributed by atoms with van der Waals surface area (Å²) in [5.74, 6) is 1.47. The average molecular weight is 404 g/mol. The topological polar surface area (TPSA) is 69.2 Å². The van der Waals surface area contributed by atoms with Gasteiger partial charge < -0.3 is 14.2 Å². The van der Waals surface area contributed by atoms with Gasteiger partial charge in [0.15, 0.2) is 0 Å². The molecule has 3 rings (SSSR count). The molecule has 0 unspecified atom stereocenters. The molecule has 0 bridgehead atoms. The fourth-order valence-corrected chi connectivity index (χ4v) is 2.67. The van der Waals surface area contributed by atoms with Gasteiger partial charge in [0.25, 0.3) is 5.91 Å². The molecule has 30 heavy (non-hydrogen) atoms. The monoisotopic (exact) mass is 404 g/mol. The summed E-state index contributed by atoms with van der Waals surface area (Å²) in [6.07, 6.45) is 1.57. The number of carbonyl (C=O) groups is 1. The van der Waals surface area contributed by atoms with E-state index in [1.54, 1.807) is 24.4 Å². The third kappa shape index (κ3) is 5.85. The van der Waals surface area contributed by atoms with Crippen LogP contribution in [0.4, 0.5) is 0 Å². The highest BCUT2D eigenvalue weighted by molar-refractivity contribution is 5.95. The number of rotatable bonds is 8. The van der Waals surface area contributed by atoms with Crippen molar-refractivity contribution >= 4 is 12.1 Å². The van der Waals surface area contributed by atoms with Crippen LogP contribution in [-0.4, -0.2) is 26.3 Å². The minimum absolute atomic E-state index is 0.360. The molecule has 0 radical (unpaired) electrons. The van der Waals surface area contributed by atoms with Crippen molar-refractivity contribution < 1.29 is 19.0 Å². The van der Waals surface area contributed by atoms with E-state index < -0.39 is 0 Å². The van der Waals surface area contributed by atoms with Crippen molar-refractivity contribution in [2.75, 3.05) is 14.2 Å². The van der Waals surface area contributed by atoms with Crippen LogP contribution in [0.25, 0.3) is 0 Å². The van der Waals surface area contributed by atoms with Gasteiger partial charge in [0, 0.05) is 11.6 Å². The molecule has 1 N–H and O–H groups in total. The van der Waals surface area contributed by atoms with Crippen molar-refractivity contribution in [3.63, 3.8) is 0 Å². The van der Waals surface area contributed by atoms with E-state index in [0.29, 0.717) is 23.7 Å². The number of ether oxygens (including phenoxy) is 3. The Bertz CT molecular complexity index is 990. The van der Waals surface area contributed by atoms with Crippen LogP contribution < -0.4 is 19.6 Å². The number of hydrogen-bond acceptors (Lipinski definition) is 5. The molecule has 3 aromatic carbocycles. The summed E-state index contributed by atoms with van der Waals surface area (Å²) in [5, 5.41) is 4.01. The van der Waals surface area contributed by atoms with Gasteiger partial charge in [-0.25, -0.2) is 5.43 Å². The zero-order valence-electron chi connectivity index (χ0n) is 17.2. The van der Waals surface area contributed by atoms with Gasteiger partial charge in [-0.1, -0.05) is 29.8 Å². The second-order valence-corrected chi connectivity index (χ2v) is 6.64. The second kappa shape index (κ2) is 10.1. The lowest BCUT2D eigenvalue weighted by atomic mass is 10.2. The van der Waals surface area contributed by atoms with E-state index in [4.69, 9.17) is 14.2 Å². The number of hydrazone groups is 1. The smallest absolute Gasteiger partial charge is 0.271 e. The third-order valence-corrected chi connectivity index (χ3v) is 4.40. The Hall–Kier alpha value is -3.80. The molecular weight excluding hydrogens is 380 g/mol. The minimum Gasteiger partial charge on any atom is -0.497 e. The van der Waals surface area contributed by atoms with Crippen LogP contribution >= 0.6 is 0 Å². The van der Waals surface area contributed by atoms with Crippen LogP contribution in [0.15, 0.2) is 71.8 Å². The summed E-state index contributed by atoms with van der Waals surface area (Å²) in [6, 6.07) is 20.6. The van der Waals surface area contributed by atoms with Crippen molar-refractivity contribution in [3.8, 4) is 17.2 Å². The van der Waals surface area contributed by atoms with Crippen LogP contribution in [0.3, 0.4) is 0 Å². The summed E-state index contributed by atoms with van der Waals surface area (Å²) >= 11 is 0. The standard InChI is InChI=1S/C24H24N2O4/c1-17-4-6-19(7-5-17)16-30-21-10-8-18(9-11-21)15-25-26-24(27)20-12-22(28-2)14-23(13-20)29-3/h4-15H,16H2,1-3H3,(H,26,27)/b25-15-. The van der Waals surface area contributed by atoms with Gasteiger partial charge in [0.2, 0.25) is 0 Å². The molecule has 0 atom stereocenters. The van der Waals surface area contributed by atoms with Gasteiger partial charge in [-0.05, 0) is 54.4 Å². The SMILES string of the molecule is COc1cc(OC)cc(C(=O)N/N=C\c2ccc(OCc3ccc(C)cc3)cc2)c1. The Balaban J connectivity index is 1.55. The molecule has 0 aliphatic heterocycles. The third-order valence-electron chi connectivity index (χ3n) is 4.40. The molecule has 0 heterocycles. The van der Waals surface area contributed by atoms with E-state index in [-0.39, 0.29) is 5.91 Å². The fraction of sp³-hybridized carbons (Fsp3) is 0.167. The minimum atomic E-state index is -0.360. The fourth-order valence-electron chi connectivity index (χ4n) is 2.67.